The van der Waals surface area contributed by atoms with Gasteiger partial charge in [-0.05, 0) is 11.9 Å². The Morgan fingerprint density at radius 3 is 3.00 bits per heavy atom. The Kier molecular flexibility index (Phi) is 1.43. The molecule has 40 valence electrons. The summed E-state index contributed by atoms with van der Waals surface area (Å²) in [6, 6.07) is 0. The molecule has 4 heteroatoms. The summed E-state index contributed by atoms with van der Waals surface area (Å²) >= 11 is 1.54. The lowest BCUT2D eigenvalue weighted by Crippen LogP contribution is -2.19. The maximum atomic E-state index is 4.62. The van der Waals surface area contributed by atoms with Crippen molar-refractivity contribution in [2.45, 2.75) is 0 Å². The second-order valence-corrected chi connectivity index (χ2v) is 1.76. The van der Waals surface area contributed by atoms with Gasteiger partial charge in [-0.15, -0.1) is 0 Å². The molecular weight excluding hydrogens is 112 g/mol. The van der Waals surface area contributed by atoms with E-state index < -0.39 is 0 Å². The van der Waals surface area contributed by atoms with Gasteiger partial charge in [0, 0.05) is 6.26 Å². The number of rotatable bonds is 1. The molecule has 1 heterocycles. The molecule has 0 saturated carbocycles. The first-order chi connectivity index (χ1) is 3.43. The van der Waals surface area contributed by atoms with Crippen LogP contribution in [0.2, 0.25) is 0 Å². The van der Waals surface area contributed by atoms with Crippen molar-refractivity contribution in [1.29, 1.82) is 0 Å². The van der Waals surface area contributed by atoms with E-state index in [4.69, 9.17) is 0 Å². The maximum Gasteiger partial charge on any atom is 0.132 e. The SMILES string of the molecule is CSN1C=CON1. The molecule has 0 fully saturated rings. The van der Waals surface area contributed by atoms with Crippen molar-refractivity contribution in [3.63, 3.8) is 0 Å². The van der Waals surface area contributed by atoms with E-state index in [1.54, 1.807) is 28.8 Å². The van der Waals surface area contributed by atoms with Gasteiger partial charge in [0.2, 0.25) is 0 Å². The van der Waals surface area contributed by atoms with Crippen LogP contribution in [-0.2, 0) is 4.84 Å². The molecule has 0 unspecified atom stereocenters. The van der Waals surface area contributed by atoms with Gasteiger partial charge < -0.3 is 4.84 Å². The molecule has 0 bridgehead atoms. The van der Waals surface area contributed by atoms with Crippen molar-refractivity contribution in [3.05, 3.63) is 12.5 Å². The van der Waals surface area contributed by atoms with Crippen LogP contribution in [0.5, 0.6) is 0 Å². The first-order valence-corrected chi connectivity index (χ1v) is 3.03. The van der Waals surface area contributed by atoms with Gasteiger partial charge in [0.1, 0.15) is 6.26 Å². The number of nitrogens with one attached hydrogen (secondary N) is 1. The van der Waals surface area contributed by atoms with Gasteiger partial charge in [-0.3, -0.25) is 0 Å². The lowest BCUT2D eigenvalue weighted by Gasteiger charge is -2.06. The molecule has 0 aromatic heterocycles. The molecular formula is C3H6N2OS. The van der Waals surface area contributed by atoms with E-state index in [2.05, 4.69) is 10.4 Å². The third kappa shape index (κ3) is 1.01. The molecule has 0 radical (unpaired) electrons. The van der Waals surface area contributed by atoms with Crippen LogP contribution in [0.25, 0.3) is 0 Å². The number of hydrogen-bond donors (Lipinski definition) is 1. The quantitative estimate of drug-likeness (QED) is 0.506. The van der Waals surface area contributed by atoms with Crippen LogP contribution in [-0.4, -0.2) is 10.7 Å². The molecule has 1 aliphatic heterocycles. The van der Waals surface area contributed by atoms with Gasteiger partial charge in [0.05, 0.1) is 6.20 Å². The van der Waals surface area contributed by atoms with Crippen LogP contribution >= 0.6 is 11.9 Å². The van der Waals surface area contributed by atoms with Crippen LogP contribution in [0.1, 0.15) is 0 Å². The molecule has 0 saturated heterocycles. The van der Waals surface area contributed by atoms with Gasteiger partial charge in [-0.1, -0.05) is 5.59 Å². The Hall–Kier alpha value is -0.350. The van der Waals surface area contributed by atoms with Crippen molar-refractivity contribution >= 4 is 11.9 Å². The first kappa shape index (κ1) is 4.80. The molecule has 7 heavy (non-hydrogen) atoms. The molecule has 0 aromatic carbocycles. The van der Waals surface area contributed by atoms with Crippen molar-refractivity contribution in [2.75, 3.05) is 6.26 Å². The van der Waals surface area contributed by atoms with Crippen molar-refractivity contribution < 1.29 is 4.84 Å². The largest absolute Gasteiger partial charge is 0.394 e. The van der Waals surface area contributed by atoms with Gasteiger partial charge >= 0.3 is 0 Å². The van der Waals surface area contributed by atoms with Gasteiger partial charge in [-0.2, -0.15) is 0 Å². The minimum atomic E-state index is 1.54. The van der Waals surface area contributed by atoms with Gasteiger partial charge in [0.25, 0.3) is 0 Å². The number of nitrogens with zero attached hydrogens (tertiary/aromatic N) is 1. The third-order valence-electron chi connectivity index (χ3n) is 0.604. The van der Waals surface area contributed by atoms with Gasteiger partial charge in [0.15, 0.2) is 0 Å². The summed E-state index contributed by atoms with van der Waals surface area (Å²) < 4.78 is 1.75. The predicted octanol–water partition coefficient (Wildman–Crippen LogP) is 0.487. The van der Waals surface area contributed by atoms with E-state index >= 15 is 0 Å². The van der Waals surface area contributed by atoms with Crippen LogP contribution < -0.4 is 5.59 Å². The van der Waals surface area contributed by atoms with E-state index in [-0.39, 0.29) is 0 Å². The number of hydrogen-bond acceptors (Lipinski definition) is 4. The number of hydrazine groups is 1. The highest BCUT2D eigenvalue weighted by molar-refractivity contribution is 7.96. The highest BCUT2D eigenvalue weighted by Crippen LogP contribution is 2.04. The van der Waals surface area contributed by atoms with E-state index in [1.165, 1.54) is 0 Å². The minimum absolute atomic E-state index is 1.54. The minimum Gasteiger partial charge on any atom is -0.394 e. The fraction of sp³-hybridized carbons (Fsp3) is 0.333. The average molecular weight is 118 g/mol. The first-order valence-electron chi connectivity index (χ1n) is 1.85. The second-order valence-electron chi connectivity index (χ2n) is 1.00. The Morgan fingerprint density at radius 2 is 2.71 bits per heavy atom. The highest BCUT2D eigenvalue weighted by Gasteiger charge is 1.98. The summed E-state index contributed by atoms with van der Waals surface area (Å²) in [6.45, 7) is 0. The summed E-state index contributed by atoms with van der Waals surface area (Å²) in [5, 5.41) is 0. The summed E-state index contributed by atoms with van der Waals surface area (Å²) in [7, 11) is 0. The zero-order valence-electron chi connectivity index (χ0n) is 3.92. The fourth-order valence-corrected chi connectivity index (χ4v) is 0.586. The zero-order valence-corrected chi connectivity index (χ0v) is 4.73. The molecule has 0 spiro atoms. The second kappa shape index (κ2) is 2.09. The van der Waals surface area contributed by atoms with Gasteiger partial charge in [-0.25, -0.2) is 4.41 Å². The summed E-state index contributed by atoms with van der Waals surface area (Å²) in [5.41, 5.74) is 2.59. The summed E-state index contributed by atoms with van der Waals surface area (Å²) in [4.78, 5) is 4.62. The lowest BCUT2D eigenvalue weighted by atomic mass is 11.0. The van der Waals surface area contributed by atoms with Crippen molar-refractivity contribution in [3.8, 4) is 0 Å². The Morgan fingerprint density at radius 1 is 1.86 bits per heavy atom. The molecule has 0 atom stereocenters. The average Bonchev–Trinajstić information content (AvgIpc) is 2.14. The zero-order chi connectivity index (χ0) is 5.11. The van der Waals surface area contributed by atoms with Crippen molar-refractivity contribution in [1.82, 2.24) is 10.0 Å². The normalized spacial score (nSPS) is 17.6. The summed E-state index contributed by atoms with van der Waals surface area (Å²) in [5.74, 6) is 0. The van der Waals surface area contributed by atoms with E-state index in [0.717, 1.165) is 0 Å². The van der Waals surface area contributed by atoms with E-state index in [9.17, 15) is 0 Å². The molecule has 1 rings (SSSR count). The molecule has 0 amide bonds. The van der Waals surface area contributed by atoms with Crippen molar-refractivity contribution in [2.24, 2.45) is 0 Å². The molecule has 0 aromatic rings. The highest BCUT2D eigenvalue weighted by atomic mass is 32.2. The summed E-state index contributed by atoms with van der Waals surface area (Å²) in [6.07, 6.45) is 5.33. The smallest absolute Gasteiger partial charge is 0.132 e. The van der Waals surface area contributed by atoms with Crippen LogP contribution in [0.15, 0.2) is 12.5 Å². The Balaban J connectivity index is 2.28. The molecule has 3 nitrogen and oxygen atoms in total. The Bertz CT molecular complexity index is 85.0. The topological polar surface area (TPSA) is 24.5 Å². The predicted molar refractivity (Wildman–Crippen MR) is 28.7 cm³/mol. The lowest BCUT2D eigenvalue weighted by molar-refractivity contribution is 0.0898. The Labute approximate surface area is 46.4 Å². The molecule has 1 aliphatic rings. The third-order valence-corrected chi connectivity index (χ3v) is 1.19. The van der Waals surface area contributed by atoms with Crippen LogP contribution in [0, 0.1) is 0 Å². The van der Waals surface area contributed by atoms with Crippen LogP contribution in [0.3, 0.4) is 0 Å². The van der Waals surface area contributed by atoms with E-state index in [0.29, 0.717) is 0 Å². The standard InChI is InChI=1S/C3H6N2OS/c1-7-5-2-3-6-4-5/h2-4H,1H3. The van der Waals surface area contributed by atoms with E-state index in [1.807, 2.05) is 6.26 Å². The fourth-order valence-electron chi connectivity index (χ4n) is 0.297. The maximum absolute atomic E-state index is 4.62. The van der Waals surface area contributed by atoms with Crippen LogP contribution in [0.4, 0.5) is 0 Å². The molecule has 1 N–H and O–H groups in total. The molecule has 0 aliphatic carbocycles. The monoisotopic (exact) mass is 118 g/mol.